The molecule has 0 aliphatic heterocycles. The number of hydrogen-bond donors (Lipinski definition) is 1. The number of nitrogens with zero attached hydrogens (tertiary/aromatic N) is 1. The lowest BCUT2D eigenvalue weighted by molar-refractivity contribution is -0.112. The molecule has 1 aliphatic carbocycles. The summed E-state index contributed by atoms with van der Waals surface area (Å²) in [7, 11) is 1.54. The maximum atomic E-state index is 13.2. The second kappa shape index (κ2) is 12.9. The molecule has 1 N–H and O–H groups in total. The minimum atomic E-state index is -0.588. The number of methoxy groups -OCH3 is 1. The summed E-state index contributed by atoms with van der Waals surface area (Å²) in [6, 6.07) is 15.3. The van der Waals surface area contributed by atoms with Crippen molar-refractivity contribution in [2.75, 3.05) is 19.0 Å². The Bertz CT molecular complexity index is 1410. The van der Waals surface area contributed by atoms with Crippen LogP contribution in [-0.2, 0) is 29.0 Å². The lowest BCUT2D eigenvalue weighted by Crippen LogP contribution is -2.16. The zero-order chi connectivity index (χ0) is 27.1. The average molecular weight is 643 g/mol. The molecule has 1 aliphatic rings. The molecule has 0 radical (unpaired) electrons. The number of hydrogen-bond acceptors (Lipinski definition) is 7. The lowest BCUT2D eigenvalue weighted by Gasteiger charge is -2.14. The Morgan fingerprint density at radius 3 is 2.66 bits per heavy atom. The van der Waals surface area contributed by atoms with Crippen LogP contribution in [0, 0.1) is 14.9 Å². The maximum absolute atomic E-state index is 13.2. The summed E-state index contributed by atoms with van der Waals surface area (Å²) in [6.07, 6.45) is 5.16. The first-order valence-corrected chi connectivity index (χ1v) is 14.1. The van der Waals surface area contributed by atoms with E-state index in [2.05, 4.69) is 27.9 Å². The Hall–Kier alpha value is -3.36. The minimum absolute atomic E-state index is 0.0954. The zero-order valence-electron chi connectivity index (χ0n) is 21.1. The first-order valence-electron chi connectivity index (χ1n) is 12.2. The molecule has 0 saturated carbocycles. The largest absolute Gasteiger partial charge is 0.493 e. The van der Waals surface area contributed by atoms with Gasteiger partial charge in [0.1, 0.15) is 23.3 Å². The van der Waals surface area contributed by atoms with Gasteiger partial charge < -0.3 is 19.5 Å². The summed E-state index contributed by atoms with van der Waals surface area (Å²) in [5.74, 6) is 0.0395. The molecule has 0 unspecified atom stereocenters. The van der Waals surface area contributed by atoms with Gasteiger partial charge in [0.05, 0.1) is 22.9 Å². The van der Waals surface area contributed by atoms with Gasteiger partial charge in [-0.2, -0.15) is 5.26 Å². The Labute approximate surface area is 239 Å². The molecule has 1 heterocycles. The van der Waals surface area contributed by atoms with Gasteiger partial charge >= 0.3 is 5.97 Å². The molecule has 3 aromatic rings. The highest BCUT2D eigenvalue weighted by Crippen LogP contribution is 2.39. The molecule has 1 amide bonds. The first-order chi connectivity index (χ1) is 18.4. The number of fused-ring (bicyclic) bond motifs is 1. The van der Waals surface area contributed by atoms with Gasteiger partial charge in [-0.1, -0.05) is 30.3 Å². The Morgan fingerprint density at radius 2 is 1.95 bits per heavy atom. The molecule has 1 aromatic heterocycles. The molecule has 9 heteroatoms. The fourth-order valence-electron chi connectivity index (χ4n) is 4.25. The highest BCUT2D eigenvalue weighted by Gasteiger charge is 2.28. The molecule has 0 bridgehead atoms. The summed E-state index contributed by atoms with van der Waals surface area (Å²) in [6.45, 7) is 2.37. The normalized spacial score (nSPS) is 12.7. The second-order valence-corrected chi connectivity index (χ2v) is 10.8. The van der Waals surface area contributed by atoms with Crippen LogP contribution in [0.4, 0.5) is 5.00 Å². The number of nitrogens with one attached hydrogen (secondary N) is 1. The van der Waals surface area contributed by atoms with Crippen LogP contribution in [0.15, 0.2) is 48.0 Å². The quantitative estimate of drug-likeness (QED) is 0.123. The van der Waals surface area contributed by atoms with Crippen molar-refractivity contribution in [3.63, 3.8) is 0 Å². The van der Waals surface area contributed by atoms with Crippen LogP contribution in [0.1, 0.15) is 51.7 Å². The van der Waals surface area contributed by atoms with Crippen LogP contribution in [0.3, 0.4) is 0 Å². The van der Waals surface area contributed by atoms with Crippen molar-refractivity contribution < 1.29 is 23.8 Å². The van der Waals surface area contributed by atoms with E-state index in [4.69, 9.17) is 14.2 Å². The molecule has 7 nitrogen and oxygen atoms in total. The third-order valence-electron chi connectivity index (χ3n) is 6.03. The number of carbonyl (C=O) groups is 2. The van der Waals surface area contributed by atoms with Gasteiger partial charge in [-0.25, -0.2) is 4.79 Å². The van der Waals surface area contributed by atoms with E-state index in [1.807, 2.05) is 42.5 Å². The summed E-state index contributed by atoms with van der Waals surface area (Å²) < 4.78 is 17.6. The van der Waals surface area contributed by atoms with Crippen molar-refractivity contribution in [3.8, 4) is 17.6 Å². The van der Waals surface area contributed by atoms with E-state index < -0.39 is 11.9 Å². The number of ether oxygens (including phenoxy) is 3. The minimum Gasteiger partial charge on any atom is -0.493 e. The standard InChI is InChI=1S/C29H27IN2O5S/c1-3-36-29(34)25-21-11-7-8-12-24(21)38-28(25)32-27(33)20(16-31)13-19-14-22(30)26(23(15-19)35-2)37-17-18-9-5-4-6-10-18/h4-6,9-10,13-15H,3,7-8,11-12,17H2,1-2H3,(H,32,33)/b20-13+. The summed E-state index contributed by atoms with van der Waals surface area (Å²) in [4.78, 5) is 27.0. The molecule has 4 rings (SSSR count). The number of rotatable bonds is 9. The van der Waals surface area contributed by atoms with Crippen molar-refractivity contribution in [2.45, 2.75) is 39.2 Å². The first kappa shape index (κ1) is 27.7. The number of halogens is 1. The average Bonchev–Trinajstić information content (AvgIpc) is 3.29. The number of aryl methyl sites for hydroxylation is 1. The maximum Gasteiger partial charge on any atom is 0.341 e. The van der Waals surface area contributed by atoms with Gasteiger partial charge in [0.2, 0.25) is 0 Å². The SMILES string of the molecule is CCOC(=O)c1c(NC(=O)/C(C#N)=C/c2cc(I)c(OCc3ccccc3)c(OC)c2)sc2c1CCCC2. The van der Waals surface area contributed by atoms with Gasteiger partial charge in [-0.05, 0) is 90.1 Å². The third kappa shape index (κ3) is 6.37. The van der Waals surface area contributed by atoms with E-state index in [1.54, 1.807) is 20.1 Å². The van der Waals surface area contributed by atoms with E-state index >= 15 is 0 Å². The Morgan fingerprint density at radius 1 is 1.18 bits per heavy atom. The van der Waals surface area contributed by atoms with Crippen LogP contribution in [0.25, 0.3) is 6.08 Å². The van der Waals surface area contributed by atoms with Gasteiger partial charge in [0.25, 0.3) is 5.91 Å². The number of anilines is 1. The summed E-state index contributed by atoms with van der Waals surface area (Å²) in [5.41, 5.74) is 2.90. The van der Waals surface area contributed by atoms with E-state index in [1.165, 1.54) is 17.4 Å². The molecule has 2 aromatic carbocycles. The number of carbonyl (C=O) groups excluding carboxylic acids is 2. The predicted molar refractivity (Wildman–Crippen MR) is 156 cm³/mol. The van der Waals surface area contributed by atoms with Gasteiger partial charge in [0, 0.05) is 4.88 Å². The predicted octanol–water partition coefficient (Wildman–Crippen LogP) is 6.54. The number of nitriles is 1. The highest BCUT2D eigenvalue weighted by atomic mass is 127. The van der Waals surface area contributed by atoms with Crippen LogP contribution in [0.5, 0.6) is 11.5 Å². The second-order valence-electron chi connectivity index (χ2n) is 8.57. The van der Waals surface area contributed by atoms with Crippen LogP contribution >= 0.6 is 33.9 Å². The lowest BCUT2D eigenvalue weighted by atomic mass is 9.95. The summed E-state index contributed by atoms with van der Waals surface area (Å²) in [5, 5.41) is 13.0. The number of benzene rings is 2. The van der Waals surface area contributed by atoms with Crippen LogP contribution < -0.4 is 14.8 Å². The van der Waals surface area contributed by atoms with Crippen molar-refractivity contribution >= 4 is 56.9 Å². The topological polar surface area (TPSA) is 97.7 Å². The van der Waals surface area contributed by atoms with Crippen LogP contribution in [0.2, 0.25) is 0 Å². The smallest absolute Gasteiger partial charge is 0.341 e. The Balaban J connectivity index is 1.58. The van der Waals surface area contributed by atoms with E-state index in [0.29, 0.717) is 34.2 Å². The molecule has 0 saturated heterocycles. The van der Waals surface area contributed by atoms with Gasteiger partial charge in [-0.3, -0.25) is 4.79 Å². The fourth-order valence-corrected chi connectivity index (χ4v) is 6.31. The number of esters is 1. The number of thiophene rings is 1. The molecule has 0 atom stereocenters. The molecule has 0 spiro atoms. The monoisotopic (exact) mass is 642 g/mol. The van der Waals surface area contributed by atoms with Crippen molar-refractivity contribution in [1.82, 2.24) is 0 Å². The van der Waals surface area contributed by atoms with Crippen molar-refractivity contribution in [2.24, 2.45) is 0 Å². The molecular weight excluding hydrogens is 615 g/mol. The zero-order valence-corrected chi connectivity index (χ0v) is 24.1. The van der Waals surface area contributed by atoms with Crippen molar-refractivity contribution in [3.05, 3.63) is 78.7 Å². The van der Waals surface area contributed by atoms with Gasteiger partial charge in [-0.15, -0.1) is 11.3 Å². The molecule has 38 heavy (non-hydrogen) atoms. The van der Waals surface area contributed by atoms with Gasteiger partial charge in [0.15, 0.2) is 11.5 Å². The highest BCUT2D eigenvalue weighted by molar-refractivity contribution is 14.1. The fraction of sp³-hybridized carbons (Fsp3) is 0.276. The molecule has 196 valence electrons. The molecule has 0 fully saturated rings. The summed E-state index contributed by atoms with van der Waals surface area (Å²) >= 11 is 3.53. The van der Waals surface area contributed by atoms with Crippen LogP contribution in [-0.4, -0.2) is 25.6 Å². The van der Waals surface area contributed by atoms with E-state index in [0.717, 1.165) is 45.3 Å². The van der Waals surface area contributed by atoms with E-state index in [9.17, 15) is 14.9 Å². The third-order valence-corrected chi connectivity index (χ3v) is 8.04. The Kier molecular flexibility index (Phi) is 9.42. The van der Waals surface area contributed by atoms with E-state index in [-0.39, 0.29) is 12.2 Å². The molecular formula is C29H27IN2O5S. The van der Waals surface area contributed by atoms with Crippen molar-refractivity contribution in [1.29, 1.82) is 5.26 Å². The number of amides is 1.